The summed E-state index contributed by atoms with van der Waals surface area (Å²) in [4.78, 5) is 17.1. The lowest BCUT2D eigenvalue weighted by molar-refractivity contribution is -0.115. The summed E-state index contributed by atoms with van der Waals surface area (Å²) in [5, 5.41) is 20.7. The Morgan fingerprint density at radius 3 is 2.34 bits per heavy atom. The smallest absolute Gasteiger partial charge is 0.242 e. The minimum Gasteiger partial charge on any atom is -0.383 e. The van der Waals surface area contributed by atoms with Crippen molar-refractivity contribution in [2.24, 2.45) is 0 Å². The molecule has 2 aromatic carbocycles. The van der Waals surface area contributed by atoms with Crippen LogP contribution < -0.4 is 11.1 Å². The number of thioether (sulfide) groups is 1. The maximum atomic E-state index is 13.1. The molecule has 1 amide bonds. The highest BCUT2D eigenvalue weighted by atomic mass is 32.2. The highest BCUT2D eigenvalue weighted by molar-refractivity contribution is 8.00. The second kappa shape index (κ2) is 8.87. The van der Waals surface area contributed by atoms with Gasteiger partial charge in [0.2, 0.25) is 5.91 Å². The van der Waals surface area contributed by atoms with Crippen molar-refractivity contribution in [2.75, 3.05) is 11.1 Å². The van der Waals surface area contributed by atoms with Crippen LogP contribution in [0.4, 0.5) is 15.9 Å². The van der Waals surface area contributed by atoms with Gasteiger partial charge in [-0.3, -0.25) is 4.79 Å². The molecule has 0 aliphatic rings. The first kappa shape index (κ1) is 19.9. The Morgan fingerprint density at radius 2 is 1.72 bits per heavy atom. The number of nitrogens with one attached hydrogen (secondary N) is 1. The number of nitrogens with zero attached hydrogens (tertiary/aromatic N) is 3. The van der Waals surface area contributed by atoms with E-state index in [-0.39, 0.29) is 27.9 Å². The second-order valence-electron chi connectivity index (χ2n) is 5.90. The van der Waals surface area contributed by atoms with Crippen molar-refractivity contribution < 1.29 is 9.18 Å². The monoisotopic (exact) mass is 403 g/mol. The molecule has 29 heavy (non-hydrogen) atoms. The summed E-state index contributed by atoms with van der Waals surface area (Å²) in [6, 6.07) is 19.6. The fourth-order valence-corrected chi connectivity index (χ4v) is 3.59. The summed E-state index contributed by atoms with van der Waals surface area (Å²) in [5.41, 5.74) is 7.16. The third-order valence-corrected chi connectivity index (χ3v) is 5.20. The topological polar surface area (TPSA) is 116 Å². The molecule has 0 aliphatic carbocycles. The molecule has 8 heteroatoms. The zero-order chi connectivity index (χ0) is 20.8. The van der Waals surface area contributed by atoms with Crippen LogP contribution >= 0.6 is 11.8 Å². The first-order chi connectivity index (χ1) is 14.0. The Bertz CT molecular complexity index is 1120. The molecule has 0 aliphatic heterocycles. The van der Waals surface area contributed by atoms with Gasteiger partial charge in [0.1, 0.15) is 34.0 Å². The fourth-order valence-electron chi connectivity index (χ4n) is 2.52. The molecule has 0 unspecified atom stereocenters. The van der Waals surface area contributed by atoms with Crippen molar-refractivity contribution >= 4 is 29.2 Å². The van der Waals surface area contributed by atoms with Gasteiger partial charge in [0.25, 0.3) is 0 Å². The van der Waals surface area contributed by atoms with E-state index in [2.05, 4.69) is 10.3 Å². The van der Waals surface area contributed by atoms with Crippen molar-refractivity contribution in [1.82, 2.24) is 4.98 Å². The molecule has 0 bridgehead atoms. The highest BCUT2D eigenvalue weighted by Gasteiger charge is 2.25. The number of carbonyl (C=O) groups excluding carboxylic acids is 1. The molecule has 0 spiro atoms. The first-order valence-corrected chi connectivity index (χ1v) is 9.28. The number of nitrogens with two attached hydrogens (primary N) is 1. The Hall–Kier alpha value is -3.88. The van der Waals surface area contributed by atoms with Crippen molar-refractivity contribution in [3.05, 3.63) is 83.2 Å². The van der Waals surface area contributed by atoms with Crippen LogP contribution in [0.25, 0.3) is 0 Å². The molecule has 0 saturated heterocycles. The van der Waals surface area contributed by atoms with Gasteiger partial charge < -0.3 is 11.1 Å². The van der Waals surface area contributed by atoms with Gasteiger partial charge in [-0.2, -0.15) is 10.5 Å². The van der Waals surface area contributed by atoms with Gasteiger partial charge in [-0.1, -0.05) is 42.1 Å². The molecule has 3 rings (SSSR count). The van der Waals surface area contributed by atoms with Gasteiger partial charge in [-0.05, 0) is 35.9 Å². The maximum absolute atomic E-state index is 13.1. The first-order valence-electron chi connectivity index (χ1n) is 8.40. The molecular weight excluding hydrogens is 389 g/mol. The number of pyridine rings is 1. The van der Waals surface area contributed by atoms with Gasteiger partial charge in [0.15, 0.2) is 0 Å². The van der Waals surface area contributed by atoms with Gasteiger partial charge in [0, 0.05) is 5.69 Å². The average molecular weight is 403 g/mol. The van der Waals surface area contributed by atoms with Gasteiger partial charge in [0.05, 0.1) is 11.1 Å². The number of carbonyl (C=O) groups is 1. The number of hydrogen-bond donors (Lipinski definition) is 2. The Morgan fingerprint density at radius 1 is 1.07 bits per heavy atom. The zero-order valence-corrected chi connectivity index (χ0v) is 15.8. The van der Waals surface area contributed by atoms with Crippen LogP contribution in [-0.4, -0.2) is 10.9 Å². The molecule has 3 aromatic rings. The number of rotatable bonds is 5. The molecular formula is C21H14FN5OS. The van der Waals surface area contributed by atoms with Crippen LogP contribution in [0, 0.1) is 28.5 Å². The molecule has 0 saturated carbocycles. The molecule has 6 nitrogen and oxygen atoms in total. The number of nitriles is 2. The minimum absolute atomic E-state index is 0.0141. The normalized spacial score (nSPS) is 11.1. The standard InChI is InChI=1S/C21H14FN5OS/c22-16-6-8-17(9-7-16)26-20(28)18(13-4-2-1-3-5-13)29-21-15(12-24)10-14(11-23)19(25)27-21/h1-10,18H,(H2,25,27)(H,26,28)/t18-/m1/s1. The van der Waals surface area contributed by atoms with Crippen molar-refractivity contribution in [3.63, 3.8) is 0 Å². The molecule has 142 valence electrons. The number of nitrogen functional groups attached to an aromatic ring is 1. The predicted molar refractivity (Wildman–Crippen MR) is 108 cm³/mol. The summed E-state index contributed by atoms with van der Waals surface area (Å²) in [5.74, 6) is -0.797. The van der Waals surface area contributed by atoms with Crippen molar-refractivity contribution in [1.29, 1.82) is 10.5 Å². The van der Waals surface area contributed by atoms with E-state index in [1.807, 2.05) is 18.2 Å². The molecule has 1 heterocycles. The highest BCUT2D eigenvalue weighted by Crippen LogP contribution is 2.37. The Kier molecular flexibility index (Phi) is 6.08. The van der Waals surface area contributed by atoms with E-state index in [1.165, 1.54) is 30.3 Å². The lowest BCUT2D eigenvalue weighted by Gasteiger charge is -2.17. The number of hydrogen-bond acceptors (Lipinski definition) is 6. The number of amides is 1. The molecule has 1 atom stereocenters. The van der Waals surface area contributed by atoms with Crippen molar-refractivity contribution in [3.8, 4) is 12.1 Å². The van der Waals surface area contributed by atoms with E-state index in [9.17, 15) is 14.4 Å². The van der Waals surface area contributed by atoms with E-state index in [0.29, 0.717) is 11.3 Å². The van der Waals surface area contributed by atoms with E-state index >= 15 is 0 Å². The van der Waals surface area contributed by atoms with E-state index in [4.69, 9.17) is 11.0 Å². The van der Waals surface area contributed by atoms with Crippen LogP contribution in [0.1, 0.15) is 21.9 Å². The summed E-state index contributed by atoms with van der Waals surface area (Å²) in [6.45, 7) is 0. The molecule has 3 N–H and O–H groups in total. The summed E-state index contributed by atoms with van der Waals surface area (Å²) < 4.78 is 13.1. The summed E-state index contributed by atoms with van der Waals surface area (Å²) in [7, 11) is 0. The zero-order valence-electron chi connectivity index (χ0n) is 15.0. The largest absolute Gasteiger partial charge is 0.383 e. The fraction of sp³-hybridized carbons (Fsp3) is 0.0476. The maximum Gasteiger partial charge on any atom is 0.242 e. The second-order valence-corrected chi connectivity index (χ2v) is 7.00. The van der Waals surface area contributed by atoms with E-state index < -0.39 is 11.1 Å². The lowest BCUT2D eigenvalue weighted by Crippen LogP contribution is -2.19. The van der Waals surface area contributed by atoms with Crippen LogP contribution in [0.2, 0.25) is 0 Å². The van der Waals surface area contributed by atoms with Crippen LogP contribution in [0.3, 0.4) is 0 Å². The Labute approximate surface area is 170 Å². The molecule has 1 aromatic heterocycles. The number of anilines is 2. The van der Waals surface area contributed by atoms with Crippen LogP contribution in [0.5, 0.6) is 0 Å². The summed E-state index contributed by atoms with van der Waals surface area (Å²) >= 11 is 1.05. The van der Waals surface area contributed by atoms with Crippen LogP contribution in [0.15, 0.2) is 65.7 Å². The number of halogens is 1. The quantitative estimate of drug-likeness (QED) is 0.622. The van der Waals surface area contributed by atoms with Gasteiger partial charge in [-0.15, -0.1) is 0 Å². The third kappa shape index (κ3) is 4.70. The van der Waals surface area contributed by atoms with E-state index in [1.54, 1.807) is 24.3 Å². The number of aromatic nitrogens is 1. The molecule has 0 fully saturated rings. The predicted octanol–water partition coefficient (Wildman–Crippen LogP) is 4.02. The van der Waals surface area contributed by atoms with Gasteiger partial charge in [-0.25, -0.2) is 9.37 Å². The average Bonchev–Trinajstić information content (AvgIpc) is 2.74. The van der Waals surface area contributed by atoms with Crippen LogP contribution in [-0.2, 0) is 4.79 Å². The van der Waals surface area contributed by atoms with Gasteiger partial charge >= 0.3 is 0 Å². The third-order valence-electron chi connectivity index (χ3n) is 3.94. The summed E-state index contributed by atoms with van der Waals surface area (Å²) in [6.07, 6.45) is 0. The minimum atomic E-state index is -0.756. The SMILES string of the molecule is N#Cc1cc(C#N)c(S[C@@H](C(=O)Nc2ccc(F)cc2)c2ccccc2)nc1N. The Balaban J connectivity index is 1.96. The van der Waals surface area contributed by atoms with Crippen molar-refractivity contribution in [2.45, 2.75) is 10.3 Å². The lowest BCUT2D eigenvalue weighted by atomic mass is 10.1. The molecule has 0 radical (unpaired) electrons. The number of benzene rings is 2. The van der Waals surface area contributed by atoms with E-state index in [0.717, 1.165) is 11.8 Å².